The maximum Gasteiger partial charge on any atom is 0.166 e. The van der Waals surface area contributed by atoms with Crippen LogP contribution in [0.3, 0.4) is 0 Å². The zero-order chi connectivity index (χ0) is 70.5. The van der Waals surface area contributed by atoms with Crippen LogP contribution in [0.4, 0.5) is 35.1 Å². The molecule has 10 aromatic carbocycles. The molecule has 10 heteroatoms. The van der Waals surface area contributed by atoms with Gasteiger partial charge in [-0.1, -0.05) is 281 Å². The van der Waals surface area contributed by atoms with Crippen LogP contribution in [0.2, 0.25) is 10.0 Å². The van der Waals surface area contributed by atoms with E-state index < -0.39 is 34.9 Å². The van der Waals surface area contributed by atoms with Crippen molar-refractivity contribution >= 4 is 23.2 Å². The van der Waals surface area contributed by atoms with Crippen molar-refractivity contribution in [3.63, 3.8) is 0 Å². The van der Waals surface area contributed by atoms with Crippen molar-refractivity contribution in [1.29, 1.82) is 0 Å². The van der Waals surface area contributed by atoms with Gasteiger partial charge in [-0.2, -0.15) is 0 Å². The van der Waals surface area contributed by atoms with Crippen LogP contribution in [0, 0.1) is 113 Å². The minimum absolute atomic E-state index is 0. The first kappa shape index (κ1) is 74.4. The van der Waals surface area contributed by atoms with Crippen LogP contribution in [0.15, 0.2) is 182 Å². The fourth-order valence-corrected chi connectivity index (χ4v) is 13.9. The average molecular weight is 1370 g/mol. The van der Waals surface area contributed by atoms with Gasteiger partial charge in [-0.15, -0.1) is 0 Å². The molecule has 0 bridgehead atoms. The maximum atomic E-state index is 14.5. The normalized spacial score (nSPS) is 18.1. The second-order valence-electron chi connectivity index (χ2n) is 27.8. The van der Waals surface area contributed by atoms with Crippen molar-refractivity contribution in [3.8, 4) is 55.6 Å². The van der Waals surface area contributed by atoms with Crippen LogP contribution in [-0.4, -0.2) is 0 Å². The highest BCUT2D eigenvalue weighted by Gasteiger charge is 2.26. The Labute approximate surface area is 589 Å². The van der Waals surface area contributed by atoms with Gasteiger partial charge in [0.2, 0.25) is 0 Å². The lowest BCUT2D eigenvalue weighted by Crippen LogP contribution is -2.13. The molecule has 0 aliphatic heterocycles. The summed E-state index contributed by atoms with van der Waals surface area (Å²) in [6, 6.07) is 56.4. The Balaban J connectivity index is 0.000000176. The Bertz CT molecular complexity index is 4070. The van der Waals surface area contributed by atoms with Crippen molar-refractivity contribution in [1.82, 2.24) is 0 Å². The molecule has 0 aromatic heterocycles. The third-order valence-corrected chi connectivity index (χ3v) is 21.0. The summed E-state index contributed by atoms with van der Waals surface area (Å²) in [5, 5.41) is 0.405. The average Bonchev–Trinajstić information content (AvgIpc) is 0.822. The van der Waals surface area contributed by atoms with Gasteiger partial charge < -0.3 is 0 Å². The Morgan fingerprint density at radius 2 is 0.510 bits per heavy atom. The number of rotatable bonds is 8. The van der Waals surface area contributed by atoms with E-state index in [1.807, 2.05) is 130 Å². The van der Waals surface area contributed by atoms with E-state index in [1.165, 1.54) is 68.1 Å². The predicted octanol–water partition coefficient (Wildman–Crippen LogP) is 28.7. The number of benzene rings is 10. The van der Waals surface area contributed by atoms with Crippen LogP contribution >= 0.6 is 23.2 Å². The highest BCUT2D eigenvalue weighted by molar-refractivity contribution is 6.33. The summed E-state index contributed by atoms with van der Waals surface area (Å²) in [7, 11) is 0. The summed E-state index contributed by atoms with van der Waals surface area (Å²) in [6.07, 6.45) is 14.2. The molecule has 0 amide bonds. The van der Waals surface area contributed by atoms with Crippen molar-refractivity contribution in [2.45, 2.75) is 164 Å². The molecule has 3 aliphatic carbocycles. The molecule has 516 valence electrons. The lowest BCUT2D eigenvalue weighted by Gasteiger charge is -2.27. The summed E-state index contributed by atoms with van der Waals surface area (Å²) in [5.41, 5.74) is 15.0. The van der Waals surface area contributed by atoms with Crippen molar-refractivity contribution < 1.29 is 38.0 Å². The van der Waals surface area contributed by atoms with Crippen LogP contribution in [0.1, 0.15) is 174 Å². The smallest absolute Gasteiger partial charge is 0.166 e. The van der Waals surface area contributed by atoms with E-state index in [2.05, 4.69) is 45.0 Å². The highest BCUT2D eigenvalue weighted by Crippen LogP contribution is 2.42. The first-order valence-corrected chi connectivity index (χ1v) is 35.3. The molecule has 98 heavy (non-hydrogen) atoms. The van der Waals surface area contributed by atoms with E-state index in [0.717, 1.165) is 87.6 Å². The van der Waals surface area contributed by atoms with E-state index in [9.17, 15) is 35.1 Å². The van der Waals surface area contributed by atoms with Gasteiger partial charge in [0.25, 0.3) is 0 Å². The molecule has 0 heterocycles. The van der Waals surface area contributed by atoms with Gasteiger partial charge in [-0.05, 0) is 189 Å². The topological polar surface area (TPSA) is 0 Å². The van der Waals surface area contributed by atoms with Gasteiger partial charge in [0, 0.05) is 30.7 Å². The van der Waals surface area contributed by atoms with Gasteiger partial charge in [0.1, 0.15) is 11.6 Å². The number of hydrogen-bond acceptors (Lipinski definition) is 0. The molecule has 0 radical (unpaired) electrons. The summed E-state index contributed by atoms with van der Waals surface area (Å²) in [5.74, 6) is -1.27. The van der Waals surface area contributed by atoms with Gasteiger partial charge in [0.15, 0.2) is 34.9 Å². The fourth-order valence-electron chi connectivity index (χ4n) is 13.4. The van der Waals surface area contributed by atoms with Crippen molar-refractivity contribution in [3.05, 3.63) is 294 Å². The number of halogens is 10. The molecule has 0 spiro atoms. The lowest BCUT2D eigenvalue weighted by atomic mass is 9.79. The molecule has 0 N–H and O–H groups in total. The highest BCUT2D eigenvalue weighted by atomic mass is 35.5. The molecule has 13 rings (SSSR count). The van der Waals surface area contributed by atoms with E-state index in [1.54, 1.807) is 76.2 Å². The summed E-state index contributed by atoms with van der Waals surface area (Å²) in [6.45, 7) is 19.5. The second kappa shape index (κ2) is 34.3. The lowest BCUT2D eigenvalue weighted by molar-refractivity contribution is 0.339. The first-order valence-electron chi connectivity index (χ1n) is 34.5. The number of aryl methyl sites for hydroxylation is 7. The molecule has 3 fully saturated rings. The van der Waals surface area contributed by atoms with Gasteiger partial charge in [-0.25, -0.2) is 35.1 Å². The Kier molecular flexibility index (Phi) is 26.1. The molecule has 0 saturated heterocycles. The van der Waals surface area contributed by atoms with E-state index in [-0.39, 0.29) is 30.5 Å². The largest absolute Gasteiger partial charge is 0.205 e. The zero-order valence-corrected chi connectivity index (χ0v) is 59.6. The third-order valence-electron chi connectivity index (χ3n) is 20.2. The van der Waals surface area contributed by atoms with Crippen LogP contribution in [0.5, 0.6) is 0 Å². The SMILES string of the molecule is Cc1ccc(-c2ccc(C)c(Cl)c2F)cc1.Cc1ccc(-c2ccc(C)c(F)c2Cl)cc1.Cc1ccc(-c2ccc(C3CCC(C)CC3)c(F)c2F)cc1.Cc1ccc(-c2ccc(C3CCC(C)CC3)cc2)c(F)c1F.Cc1ccc(-c2ccc(C3CCC(C)CC3)cc2)c(F)c1F.[HH].[HH]. The molecule has 3 aliphatic rings. The standard InChI is InChI=1S/3C20H22F2.2C14H12ClF.2H2/c1-13-3-7-15(8-4-13)17-11-12-18(20(22)19(17)21)16-9-5-14(2)6-10-16;2*1-13-3-6-15(7-4-13)16-8-10-17(11-9-16)18-12-5-14(2)19(21)20(18)22;1-9-3-6-11(7-4-9)12-8-5-10(2)14(16)13(12)15;1-9-3-6-11(7-4-9)12-8-5-10(2)13(15)14(12)16;;/h3-4,7-8,11-12,14,16H,5-6,9-10H2,1-2H3;2*5,8-13,15H,3-4,6-7H2,1-2H3;2*3-8H,1-2H3;2*1H. The summed E-state index contributed by atoms with van der Waals surface area (Å²) < 4.78 is 112. The molecular weight excluding hydrogens is 1280 g/mol. The fraction of sp³-hybridized carbons (Fsp3) is 0.318. The molecule has 10 aromatic rings. The molecule has 0 nitrogen and oxygen atoms in total. The van der Waals surface area contributed by atoms with E-state index in [0.29, 0.717) is 62.3 Å². The maximum absolute atomic E-state index is 14.5. The minimum Gasteiger partial charge on any atom is -0.205 e. The van der Waals surface area contributed by atoms with Crippen LogP contribution < -0.4 is 0 Å². The monoisotopic (exact) mass is 1370 g/mol. The van der Waals surface area contributed by atoms with Crippen LogP contribution in [-0.2, 0) is 0 Å². The zero-order valence-electron chi connectivity index (χ0n) is 58.0. The van der Waals surface area contributed by atoms with Gasteiger partial charge >= 0.3 is 0 Å². The molecule has 3 saturated carbocycles. The van der Waals surface area contributed by atoms with Gasteiger partial charge in [-0.3, -0.25) is 0 Å². The second-order valence-corrected chi connectivity index (χ2v) is 28.5. The van der Waals surface area contributed by atoms with Crippen molar-refractivity contribution in [2.75, 3.05) is 0 Å². The summed E-state index contributed by atoms with van der Waals surface area (Å²) >= 11 is 11.9. The molecular formula is C88H94Cl2F8. The Morgan fingerprint density at radius 3 is 0.867 bits per heavy atom. The summed E-state index contributed by atoms with van der Waals surface area (Å²) in [4.78, 5) is 0. The minimum atomic E-state index is -0.751. The van der Waals surface area contributed by atoms with E-state index >= 15 is 0 Å². The molecule has 0 atom stereocenters. The Hall–Kier alpha value is -7.78. The third kappa shape index (κ3) is 18.7. The van der Waals surface area contributed by atoms with Gasteiger partial charge in [0.05, 0.1) is 10.0 Å². The quantitative estimate of drug-likeness (QED) is 0.133. The Morgan fingerprint density at radius 1 is 0.245 bits per heavy atom. The number of hydrogen-bond donors (Lipinski definition) is 0. The van der Waals surface area contributed by atoms with Crippen molar-refractivity contribution in [2.24, 2.45) is 17.8 Å². The predicted molar refractivity (Wildman–Crippen MR) is 398 cm³/mol. The molecule has 0 unspecified atom stereocenters. The first-order chi connectivity index (χ1) is 46.9. The van der Waals surface area contributed by atoms with E-state index in [4.69, 9.17) is 23.2 Å². The van der Waals surface area contributed by atoms with Crippen LogP contribution in [0.25, 0.3) is 55.6 Å².